The lowest BCUT2D eigenvalue weighted by Gasteiger charge is -2.32. The number of carbonyl (C=O) groups is 2. The molecule has 0 spiro atoms. The van der Waals surface area contributed by atoms with Crippen molar-refractivity contribution in [1.29, 1.82) is 0 Å². The number of aromatic nitrogens is 4. The molecule has 0 bridgehead atoms. The number of likely N-dealkylation sites (tertiary alicyclic amines) is 1. The van der Waals surface area contributed by atoms with Crippen LogP contribution in [0.3, 0.4) is 0 Å². The molecule has 1 aliphatic heterocycles. The van der Waals surface area contributed by atoms with Gasteiger partial charge in [-0.15, -0.1) is 10.2 Å². The van der Waals surface area contributed by atoms with Crippen LogP contribution in [-0.2, 0) is 29.0 Å². The summed E-state index contributed by atoms with van der Waals surface area (Å²) in [7, 11) is 0. The lowest BCUT2D eigenvalue weighted by Crippen LogP contribution is -2.43. The van der Waals surface area contributed by atoms with Gasteiger partial charge in [-0.05, 0) is 64.6 Å². The molecule has 4 rings (SSSR count). The van der Waals surface area contributed by atoms with E-state index in [1.54, 1.807) is 11.3 Å². The highest BCUT2D eigenvalue weighted by atomic mass is 32.1. The Balaban J connectivity index is 1.11. The molecular weight excluding hydrogens is 592 g/mol. The van der Waals surface area contributed by atoms with Crippen molar-refractivity contribution in [3.05, 3.63) is 21.8 Å². The molecule has 0 unspecified atom stereocenters. The normalized spacial score (nSPS) is 16.2. The summed E-state index contributed by atoms with van der Waals surface area (Å²) in [5, 5.41) is 36.3. The van der Waals surface area contributed by atoms with Crippen LogP contribution in [0.25, 0.3) is 0 Å². The molecule has 2 fully saturated rings. The van der Waals surface area contributed by atoms with Gasteiger partial charge >= 0.3 is 5.97 Å². The smallest absolute Gasteiger partial charge is 0.317 e. The van der Waals surface area contributed by atoms with E-state index in [0.29, 0.717) is 38.5 Å². The van der Waals surface area contributed by atoms with Crippen LogP contribution in [0, 0.1) is 0 Å². The van der Waals surface area contributed by atoms with Crippen molar-refractivity contribution in [2.45, 2.75) is 103 Å². The Hall–Kier alpha value is -2.94. The van der Waals surface area contributed by atoms with Gasteiger partial charge in [0, 0.05) is 56.3 Å². The number of rotatable bonds is 20. The fourth-order valence-corrected chi connectivity index (χ4v) is 6.62. The summed E-state index contributed by atoms with van der Waals surface area (Å²) >= 11 is 1.64. The highest BCUT2D eigenvalue weighted by molar-refractivity contribution is 7.11. The van der Waals surface area contributed by atoms with Crippen LogP contribution in [0.1, 0.15) is 86.8 Å². The molecule has 2 aliphatic rings. The van der Waals surface area contributed by atoms with Crippen LogP contribution < -0.4 is 26.6 Å². The van der Waals surface area contributed by atoms with Crippen LogP contribution in [0.15, 0.2) is 6.07 Å². The van der Waals surface area contributed by atoms with Gasteiger partial charge in [-0.3, -0.25) is 9.59 Å². The number of amides is 1. The van der Waals surface area contributed by atoms with Gasteiger partial charge in [0.15, 0.2) is 0 Å². The standard InChI is InChI=1S/C31H52N10O3S/c1-2-23-20-26(36-25-12-18-41(19-13-25)29(42)11-17-33-22-30(43)44)38-31(37-23)35-21-28-40-39-27(45-28)10-6-14-32-15-7-16-34-24-8-4-3-5-9-24/h20,24-25,32-34H,2-19,21-22H2,1H3,(H,43,44)(H2,35,36,37,38). The fourth-order valence-electron chi connectivity index (χ4n) is 5.79. The summed E-state index contributed by atoms with van der Waals surface area (Å²) in [6, 6.07) is 2.94. The number of piperidine rings is 1. The Kier molecular flexibility index (Phi) is 15.2. The molecule has 13 nitrogen and oxygen atoms in total. The maximum Gasteiger partial charge on any atom is 0.317 e. The molecule has 0 atom stereocenters. The third-order valence-electron chi connectivity index (χ3n) is 8.35. The average Bonchev–Trinajstić information content (AvgIpc) is 3.51. The number of aliphatic carboxylic acids is 1. The first kappa shape index (κ1) is 34.9. The van der Waals surface area contributed by atoms with Gasteiger partial charge in [-0.1, -0.05) is 37.5 Å². The lowest BCUT2D eigenvalue weighted by molar-refractivity contribution is -0.136. The average molecular weight is 645 g/mol. The second kappa shape index (κ2) is 19.5. The van der Waals surface area contributed by atoms with Gasteiger partial charge in [-0.2, -0.15) is 4.98 Å². The van der Waals surface area contributed by atoms with E-state index >= 15 is 0 Å². The van der Waals surface area contributed by atoms with E-state index in [0.717, 1.165) is 79.3 Å². The SMILES string of the molecule is CCc1cc(NC2CCN(C(=O)CCNCC(=O)O)CC2)nc(NCc2nnc(CCCNCCCNC3CCCCC3)s2)n1. The number of nitrogens with one attached hydrogen (secondary N) is 5. The van der Waals surface area contributed by atoms with E-state index in [-0.39, 0.29) is 18.5 Å². The summed E-state index contributed by atoms with van der Waals surface area (Å²) in [5.41, 5.74) is 0.951. The highest BCUT2D eigenvalue weighted by Crippen LogP contribution is 2.20. The van der Waals surface area contributed by atoms with Gasteiger partial charge in [0.2, 0.25) is 11.9 Å². The number of carbonyl (C=O) groups excluding carboxylic acids is 1. The van der Waals surface area contributed by atoms with E-state index in [1.807, 2.05) is 11.0 Å². The highest BCUT2D eigenvalue weighted by Gasteiger charge is 2.23. The maximum atomic E-state index is 12.5. The van der Waals surface area contributed by atoms with Crippen LogP contribution in [0.2, 0.25) is 0 Å². The molecule has 1 aliphatic carbocycles. The molecular formula is C31H52N10O3S. The Morgan fingerprint density at radius 2 is 1.71 bits per heavy atom. The molecule has 250 valence electrons. The van der Waals surface area contributed by atoms with Crippen LogP contribution in [0.5, 0.6) is 0 Å². The lowest BCUT2D eigenvalue weighted by atomic mass is 9.95. The summed E-state index contributed by atoms with van der Waals surface area (Å²) in [4.78, 5) is 34.3. The van der Waals surface area contributed by atoms with Crippen molar-refractivity contribution in [3.63, 3.8) is 0 Å². The number of carboxylic acid groups (broad SMARTS) is 1. The monoisotopic (exact) mass is 644 g/mol. The number of anilines is 2. The molecule has 1 saturated carbocycles. The minimum absolute atomic E-state index is 0.0534. The number of hydrogen-bond donors (Lipinski definition) is 6. The molecule has 1 amide bonds. The number of aryl methyl sites for hydroxylation is 2. The third-order valence-corrected chi connectivity index (χ3v) is 9.34. The minimum Gasteiger partial charge on any atom is -0.480 e. The summed E-state index contributed by atoms with van der Waals surface area (Å²) < 4.78 is 0. The van der Waals surface area contributed by atoms with Crippen LogP contribution >= 0.6 is 11.3 Å². The van der Waals surface area contributed by atoms with E-state index in [4.69, 9.17) is 10.1 Å². The zero-order valence-electron chi connectivity index (χ0n) is 26.8. The summed E-state index contributed by atoms with van der Waals surface area (Å²) in [6.45, 7) is 7.31. The third kappa shape index (κ3) is 13.1. The molecule has 0 aromatic carbocycles. The summed E-state index contributed by atoms with van der Waals surface area (Å²) in [6.07, 6.45) is 12.7. The molecule has 1 saturated heterocycles. The topological polar surface area (TPSA) is 169 Å². The molecule has 2 aromatic heterocycles. The van der Waals surface area contributed by atoms with E-state index in [1.165, 1.54) is 38.5 Å². The van der Waals surface area contributed by atoms with Crippen molar-refractivity contribution < 1.29 is 14.7 Å². The second-order valence-electron chi connectivity index (χ2n) is 12.0. The first-order valence-electron chi connectivity index (χ1n) is 16.8. The molecule has 2 aromatic rings. The first-order chi connectivity index (χ1) is 22.0. The predicted octanol–water partition coefficient (Wildman–Crippen LogP) is 2.80. The molecule has 45 heavy (non-hydrogen) atoms. The van der Waals surface area contributed by atoms with Crippen molar-refractivity contribution in [2.75, 3.05) is 56.4 Å². The van der Waals surface area contributed by atoms with Crippen molar-refractivity contribution in [1.82, 2.24) is 41.0 Å². The van der Waals surface area contributed by atoms with Gasteiger partial charge in [0.1, 0.15) is 15.8 Å². The van der Waals surface area contributed by atoms with Crippen molar-refractivity contribution in [2.24, 2.45) is 0 Å². The van der Waals surface area contributed by atoms with Gasteiger partial charge < -0.3 is 36.6 Å². The molecule has 0 radical (unpaired) electrons. The van der Waals surface area contributed by atoms with Crippen LogP contribution in [-0.4, -0.2) is 99.9 Å². The molecule has 6 N–H and O–H groups in total. The zero-order valence-corrected chi connectivity index (χ0v) is 27.6. The van der Waals surface area contributed by atoms with Gasteiger partial charge in [0.05, 0.1) is 13.1 Å². The fraction of sp³-hybridized carbons (Fsp3) is 0.742. The van der Waals surface area contributed by atoms with E-state index in [9.17, 15) is 9.59 Å². The van der Waals surface area contributed by atoms with Crippen molar-refractivity contribution in [3.8, 4) is 0 Å². The van der Waals surface area contributed by atoms with Crippen LogP contribution in [0.4, 0.5) is 11.8 Å². The molecule has 14 heteroatoms. The number of nitrogens with zero attached hydrogens (tertiary/aromatic N) is 5. The van der Waals surface area contributed by atoms with Gasteiger partial charge in [-0.25, -0.2) is 4.98 Å². The summed E-state index contributed by atoms with van der Waals surface area (Å²) in [5.74, 6) is 0.479. The zero-order chi connectivity index (χ0) is 31.7. The number of carboxylic acids is 1. The molecule has 3 heterocycles. The Labute approximate surface area is 271 Å². The van der Waals surface area contributed by atoms with E-state index in [2.05, 4.69) is 48.7 Å². The largest absolute Gasteiger partial charge is 0.480 e. The minimum atomic E-state index is -0.921. The van der Waals surface area contributed by atoms with E-state index < -0.39 is 5.97 Å². The van der Waals surface area contributed by atoms with Gasteiger partial charge in [0.25, 0.3) is 0 Å². The van der Waals surface area contributed by atoms with Crippen molar-refractivity contribution >= 4 is 35.0 Å². The quantitative estimate of drug-likeness (QED) is 0.117. The Bertz CT molecular complexity index is 1170. The number of hydrogen-bond acceptors (Lipinski definition) is 12. The first-order valence-corrected chi connectivity index (χ1v) is 17.6. The Morgan fingerprint density at radius 3 is 2.49 bits per heavy atom. The predicted molar refractivity (Wildman–Crippen MR) is 178 cm³/mol. The Morgan fingerprint density at radius 1 is 0.933 bits per heavy atom. The maximum absolute atomic E-state index is 12.5. The second-order valence-corrected chi connectivity index (χ2v) is 13.1.